The van der Waals surface area contributed by atoms with Crippen LogP contribution in [0.25, 0.3) is 0 Å². The molecule has 20 heavy (non-hydrogen) atoms. The Hall–Kier alpha value is -2.57. The lowest BCUT2D eigenvalue weighted by molar-refractivity contribution is -0.147. The van der Waals surface area contributed by atoms with Crippen LogP contribution < -0.4 is 15.4 Å². The van der Waals surface area contributed by atoms with Crippen molar-refractivity contribution in [2.24, 2.45) is 0 Å². The third kappa shape index (κ3) is 4.60. The third-order valence-electron chi connectivity index (χ3n) is 2.39. The maximum absolute atomic E-state index is 11.8. The van der Waals surface area contributed by atoms with Crippen LogP contribution in [0, 0.1) is 0 Å². The van der Waals surface area contributed by atoms with Gasteiger partial charge in [-0.1, -0.05) is 12.1 Å². The summed E-state index contributed by atoms with van der Waals surface area (Å²) in [5.41, 5.74) is 0.314. The second-order valence-electron chi connectivity index (χ2n) is 3.72. The van der Waals surface area contributed by atoms with Crippen molar-refractivity contribution < 1.29 is 23.9 Å². The number of esters is 1. The first-order valence-electron chi connectivity index (χ1n) is 5.86. The molecule has 0 saturated carbocycles. The van der Waals surface area contributed by atoms with E-state index < -0.39 is 17.8 Å². The molecule has 2 N–H and O–H groups in total. The highest BCUT2D eigenvalue weighted by atomic mass is 16.5. The lowest BCUT2D eigenvalue weighted by Gasteiger charge is -2.08. The van der Waals surface area contributed by atoms with Gasteiger partial charge in [0.25, 0.3) is 11.8 Å². The largest absolute Gasteiger partial charge is 0.496 e. The molecule has 0 aliphatic heterocycles. The molecule has 7 nitrogen and oxygen atoms in total. The lowest BCUT2D eigenvalue weighted by atomic mass is 10.2. The molecule has 0 unspecified atom stereocenters. The molecule has 2 amide bonds. The van der Waals surface area contributed by atoms with Gasteiger partial charge in [0.1, 0.15) is 12.3 Å². The fraction of sp³-hybridized carbons (Fsp3) is 0.308. The second kappa shape index (κ2) is 7.78. The molecule has 0 bridgehead atoms. The Morgan fingerprint density at radius 3 is 2.55 bits per heavy atom. The van der Waals surface area contributed by atoms with Crippen molar-refractivity contribution in [3.05, 3.63) is 29.8 Å². The van der Waals surface area contributed by atoms with Crippen LogP contribution in [-0.2, 0) is 14.3 Å². The van der Waals surface area contributed by atoms with E-state index in [0.717, 1.165) is 0 Å². The van der Waals surface area contributed by atoms with Gasteiger partial charge in [-0.2, -0.15) is 0 Å². The molecule has 0 radical (unpaired) electrons. The molecule has 108 valence electrons. The number of amides is 2. The molecule has 0 saturated heterocycles. The van der Waals surface area contributed by atoms with E-state index >= 15 is 0 Å². The standard InChI is InChI=1S/C13H16N2O5/c1-14-11(16)8-20-12(17)7-15-13(18)9-5-3-4-6-10(9)19-2/h3-6H,7-8H2,1-2H3,(H,14,16)(H,15,18). The molecule has 0 atom stereocenters. The zero-order valence-electron chi connectivity index (χ0n) is 11.3. The normalized spacial score (nSPS) is 9.50. The van der Waals surface area contributed by atoms with Crippen LogP contribution in [0.5, 0.6) is 5.75 Å². The Kier molecular flexibility index (Phi) is 6.02. The maximum atomic E-state index is 11.8. The van der Waals surface area contributed by atoms with Gasteiger partial charge in [0.15, 0.2) is 6.61 Å². The van der Waals surface area contributed by atoms with E-state index in [2.05, 4.69) is 15.4 Å². The van der Waals surface area contributed by atoms with Crippen LogP contribution in [0.3, 0.4) is 0 Å². The molecule has 0 spiro atoms. The molecule has 0 fully saturated rings. The molecule has 0 aromatic heterocycles. The number of para-hydroxylation sites is 1. The summed E-state index contributed by atoms with van der Waals surface area (Å²) in [7, 11) is 2.88. The Balaban J connectivity index is 2.47. The minimum atomic E-state index is -0.697. The minimum Gasteiger partial charge on any atom is -0.496 e. The quantitative estimate of drug-likeness (QED) is 0.699. The van der Waals surface area contributed by atoms with Crippen molar-refractivity contribution in [1.82, 2.24) is 10.6 Å². The van der Waals surface area contributed by atoms with E-state index in [9.17, 15) is 14.4 Å². The van der Waals surface area contributed by atoms with Crippen molar-refractivity contribution in [1.29, 1.82) is 0 Å². The number of hydrogen-bond acceptors (Lipinski definition) is 5. The first-order chi connectivity index (χ1) is 9.58. The SMILES string of the molecule is CNC(=O)COC(=O)CNC(=O)c1ccccc1OC. The van der Waals surface area contributed by atoms with Crippen LogP contribution in [0.4, 0.5) is 0 Å². The van der Waals surface area contributed by atoms with Crippen LogP contribution in [0.15, 0.2) is 24.3 Å². The number of rotatable bonds is 6. The van der Waals surface area contributed by atoms with Gasteiger partial charge in [-0.05, 0) is 12.1 Å². The van der Waals surface area contributed by atoms with Gasteiger partial charge in [0.05, 0.1) is 12.7 Å². The average Bonchev–Trinajstić information content (AvgIpc) is 2.49. The van der Waals surface area contributed by atoms with Crippen molar-refractivity contribution in [2.45, 2.75) is 0 Å². The number of carbonyl (C=O) groups excluding carboxylic acids is 3. The third-order valence-corrected chi connectivity index (χ3v) is 2.39. The minimum absolute atomic E-state index is 0.314. The molecule has 0 heterocycles. The van der Waals surface area contributed by atoms with Crippen molar-refractivity contribution in [2.75, 3.05) is 27.3 Å². The molecule has 7 heteroatoms. The predicted molar refractivity (Wildman–Crippen MR) is 70.4 cm³/mol. The number of likely N-dealkylation sites (N-methyl/N-ethyl adjacent to an activating group) is 1. The highest BCUT2D eigenvalue weighted by Gasteiger charge is 2.13. The summed E-state index contributed by atoms with van der Waals surface area (Å²) in [6, 6.07) is 6.62. The lowest BCUT2D eigenvalue weighted by Crippen LogP contribution is -2.33. The van der Waals surface area contributed by atoms with Gasteiger partial charge < -0.3 is 20.1 Å². The van der Waals surface area contributed by atoms with Crippen LogP contribution in [-0.4, -0.2) is 45.1 Å². The highest BCUT2D eigenvalue weighted by Crippen LogP contribution is 2.16. The molecular weight excluding hydrogens is 264 g/mol. The maximum Gasteiger partial charge on any atom is 0.325 e. The summed E-state index contributed by atoms with van der Waals surface area (Å²) >= 11 is 0. The smallest absolute Gasteiger partial charge is 0.325 e. The number of methoxy groups -OCH3 is 1. The average molecular weight is 280 g/mol. The predicted octanol–water partition coefficient (Wildman–Crippen LogP) is -0.286. The Labute approximate surface area is 116 Å². The first-order valence-corrected chi connectivity index (χ1v) is 5.86. The molecule has 1 rings (SSSR count). The molecular formula is C13H16N2O5. The van der Waals surface area contributed by atoms with Crippen molar-refractivity contribution >= 4 is 17.8 Å². The summed E-state index contributed by atoms with van der Waals surface area (Å²) in [6.45, 7) is -0.701. The van der Waals surface area contributed by atoms with Gasteiger partial charge in [0, 0.05) is 7.05 Å². The van der Waals surface area contributed by atoms with E-state index in [1.165, 1.54) is 14.2 Å². The van der Waals surface area contributed by atoms with Crippen LogP contribution in [0.1, 0.15) is 10.4 Å². The molecule has 0 aliphatic carbocycles. The summed E-state index contributed by atoms with van der Waals surface area (Å²) < 4.78 is 9.68. The van der Waals surface area contributed by atoms with Crippen molar-refractivity contribution in [3.8, 4) is 5.75 Å². The van der Waals surface area contributed by atoms with Gasteiger partial charge >= 0.3 is 5.97 Å². The number of nitrogens with one attached hydrogen (secondary N) is 2. The van der Waals surface area contributed by atoms with Gasteiger partial charge in [-0.15, -0.1) is 0 Å². The van der Waals surface area contributed by atoms with E-state index in [0.29, 0.717) is 11.3 Å². The summed E-state index contributed by atoms with van der Waals surface area (Å²) in [5, 5.41) is 4.70. The Bertz CT molecular complexity index is 501. The number of benzene rings is 1. The summed E-state index contributed by atoms with van der Waals surface area (Å²) in [4.78, 5) is 34.0. The second-order valence-corrected chi connectivity index (χ2v) is 3.72. The topological polar surface area (TPSA) is 93.7 Å². The van der Waals surface area contributed by atoms with Crippen LogP contribution >= 0.6 is 0 Å². The number of hydrogen-bond donors (Lipinski definition) is 2. The first kappa shape index (κ1) is 15.5. The van der Waals surface area contributed by atoms with Gasteiger partial charge in [-0.3, -0.25) is 14.4 Å². The monoisotopic (exact) mass is 280 g/mol. The van der Waals surface area contributed by atoms with Crippen molar-refractivity contribution in [3.63, 3.8) is 0 Å². The Morgan fingerprint density at radius 1 is 1.20 bits per heavy atom. The highest BCUT2D eigenvalue weighted by molar-refractivity contribution is 5.98. The zero-order chi connectivity index (χ0) is 15.0. The zero-order valence-corrected chi connectivity index (χ0v) is 11.3. The summed E-state index contributed by atoms with van der Waals surface area (Å²) in [6.07, 6.45) is 0. The molecule has 0 aliphatic rings. The van der Waals surface area contributed by atoms with Gasteiger partial charge in [-0.25, -0.2) is 0 Å². The van der Waals surface area contributed by atoms with Crippen LogP contribution in [0.2, 0.25) is 0 Å². The number of carbonyl (C=O) groups is 3. The van der Waals surface area contributed by atoms with Gasteiger partial charge in [0.2, 0.25) is 0 Å². The van der Waals surface area contributed by atoms with E-state index in [1.54, 1.807) is 24.3 Å². The molecule has 1 aromatic rings. The number of ether oxygens (including phenoxy) is 2. The fourth-order valence-corrected chi connectivity index (χ4v) is 1.35. The van der Waals surface area contributed by atoms with E-state index in [-0.39, 0.29) is 13.2 Å². The van der Waals surface area contributed by atoms with E-state index in [1.807, 2.05) is 0 Å². The van der Waals surface area contributed by atoms with E-state index in [4.69, 9.17) is 4.74 Å². The summed E-state index contributed by atoms with van der Waals surface area (Å²) in [5.74, 6) is -1.17. The Morgan fingerprint density at radius 2 is 1.90 bits per heavy atom. The fourth-order valence-electron chi connectivity index (χ4n) is 1.35. The molecule has 1 aromatic carbocycles.